The van der Waals surface area contributed by atoms with E-state index in [-0.39, 0.29) is 0 Å². The molecule has 3 aromatic rings. The van der Waals surface area contributed by atoms with E-state index in [0.717, 1.165) is 11.1 Å². The molecule has 0 atom stereocenters. The molecule has 0 heterocycles. The second kappa shape index (κ2) is 9.69. The number of benzene rings is 3. The minimum atomic E-state index is -0.517. The lowest BCUT2D eigenvalue weighted by atomic mass is 10.2. The molecular weight excluding hydrogens is 352 g/mol. The number of esters is 2. The Bertz CT molecular complexity index is 911. The molecule has 0 bridgehead atoms. The van der Waals surface area contributed by atoms with E-state index in [1.165, 1.54) is 18.2 Å². The Balaban J connectivity index is 1.57. The summed E-state index contributed by atoms with van der Waals surface area (Å²) in [6, 6.07) is 25.2. The highest BCUT2D eigenvalue weighted by Crippen LogP contribution is 2.20. The molecule has 0 amide bonds. The van der Waals surface area contributed by atoms with Gasteiger partial charge in [0.15, 0.2) is 0 Å². The van der Waals surface area contributed by atoms with E-state index in [1.807, 2.05) is 60.7 Å². The molecule has 0 unspecified atom stereocenters. The van der Waals surface area contributed by atoms with Gasteiger partial charge in [-0.2, -0.15) is 0 Å². The molecule has 0 spiro atoms. The van der Waals surface area contributed by atoms with Crippen molar-refractivity contribution in [1.29, 1.82) is 0 Å². The third kappa shape index (κ3) is 6.11. The van der Waals surface area contributed by atoms with E-state index in [9.17, 15) is 9.59 Å². The SMILES string of the molecule is O=C(C=Cc1ccccc1)Oc1cccc(OC(=O)C=Cc2ccccc2)c1. The first kappa shape index (κ1) is 18.9. The smallest absolute Gasteiger partial charge is 0.336 e. The van der Waals surface area contributed by atoms with Gasteiger partial charge in [0.25, 0.3) is 0 Å². The number of ether oxygens (including phenoxy) is 2. The van der Waals surface area contributed by atoms with Gasteiger partial charge in [0.05, 0.1) is 0 Å². The lowest BCUT2D eigenvalue weighted by Crippen LogP contribution is -2.06. The van der Waals surface area contributed by atoms with Crippen LogP contribution in [0.2, 0.25) is 0 Å². The fourth-order valence-electron chi connectivity index (χ4n) is 2.36. The van der Waals surface area contributed by atoms with Crippen LogP contribution in [0, 0.1) is 0 Å². The van der Waals surface area contributed by atoms with Crippen LogP contribution in [0.4, 0.5) is 0 Å². The van der Waals surface area contributed by atoms with Crippen LogP contribution in [0.25, 0.3) is 12.2 Å². The molecule has 0 fully saturated rings. The molecule has 0 aromatic heterocycles. The number of carbonyl (C=O) groups is 2. The van der Waals surface area contributed by atoms with Crippen molar-refractivity contribution < 1.29 is 19.1 Å². The molecule has 3 aromatic carbocycles. The molecule has 0 radical (unpaired) electrons. The molecule has 0 saturated carbocycles. The predicted molar refractivity (Wildman–Crippen MR) is 109 cm³/mol. The molecule has 0 aliphatic heterocycles. The summed E-state index contributed by atoms with van der Waals surface area (Å²) >= 11 is 0. The van der Waals surface area contributed by atoms with E-state index in [2.05, 4.69) is 0 Å². The minimum absolute atomic E-state index is 0.292. The average molecular weight is 370 g/mol. The maximum Gasteiger partial charge on any atom is 0.336 e. The number of rotatable bonds is 6. The molecule has 138 valence electrons. The number of hydrogen-bond donors (Lipinski definition) is 0. The fraction of sp³-hybridized carbons (Fsp3) is 0. The lowest BCUT2D eigenvalue weighted by molar-refractivity contribution is -0.129. The van der Waals surface area contributed by atoms with Crippen molar-refractivity contribution in [3.05, 3.63) is 108 Å². The summed E-state index contributed by atoms with van der Waals surface area (Å²) in [7, 11) is 0. The van der Waals surface area contributed by atoms with Crippen molar-refractivity contribution in [2.24, 2.45) is 0 Å². The summed E-state index contributed by atoms with van der Waals surface area (Å²) in [6.45, 7) is 0. The molecule has 0 N–H and O–H groups in total. The van der Waals surface area contributed by atoms with Crippen molar-refractivity contribution in [1.82, 2.24) is 0 Å². The van der Waals surface area contributed by atoms with Crippen LogP contribution in [0.1, 0.15) is 11.1 Å². The van der Waals surface area contributed by atoms with Crippen molar-refractivity contribution in [3.8, 4) is 11.5 Å². The maximum atomic E-state index is 12.0. The highest BCUT2D eigenvalue weighted by molar-refractivity contribution is 5.89. The monoisotopic (exact) mass is 370 g/mol. The fourth-order valence-corrected chi connectivity index (χ4v) is 2.36. The number of carbonyl (C=O) groups excluding carboxylic acids is 2. The van der Waals surface area contributed by atoms with Gasteiger partial charge in [-0.25, -0.2) is 9.59 Å². The molecule has 3 rings (SSSR count). The normalized spacial score (nSPS) is 10.9. The highest BCUT2D eigenvalue weighted by atomic mass is 16.5. The Morgan fingerprint density at radius 3 is 1.43 bits per heavy atom. The molecule has 28 heavy (non-hydrogen) atoms. The highest BCUT2D eigenvalue weighted by Gasteiger charge is 2.05. The van der Waals surface area contributed by atoms with Crippen LogP contribution in [0.15, 0.2) is 97.1 Å². The minimum Gasteiger partial charge on any atom is -0.423 e. The summed E-state index contributed by atoms with van der Waals surface area (Å²) < 4.78 is 10.5. The van der Waals surface area contributed by atoms with Crippen LogP contribution in [0.3, 0.4) is 0 Å². The van der Waals surface area contributed by atoms with Crippen LogP contribution in [-0.2, 0) is 9.59 Å². The molecule has 0 aliphatic carbocycles. The van der Waals surface area contributed by atoms with Gasteiger partial charge in [0.2, 0.25) is 0 Å². The first-order valence-electron chi connectivity index (χ1n) is 8.69. The van der Waals surface area contributed by atoms with Gasteiger partial charge < -0.3 is 9.47 Å². The largest absolute Gasteiger partial charge is 0.423 e. The molecule has 0 aliphatic rings. The van der Waals surface area contributed by atoms with Crippen LogP contribution in [-0.4, -0.2) is 11.9 Å². The zero-order valence-electron chi connectivity index (χ0n) is 15.0. The Morgan fingerprint density at radius 1 is 0.571 bits per heavy atom. The summed E-state index contributed by atoms with van der Waals surface area (Å²) in [5.41, 5.74) is 1.79. The molecule has 4 nitrogen and oxygen atoms in total. The third-order valence-electron chi connectivity index (χ3n) is 3.67. The van der Waals surface area contributed by atoms with Crippen molar-refractivity contribution >= 4 is 24.1 Å². The Hall–Kier alpha value is -3.92. The van der Waals surface area contributed by atoms with Gasteiger partial charge in [-0.05, 0) is 35.4 Å². The standard InChI is InChI=1S/C24H18O4/c25-23(16-14-19-8-3-1-4-9-19)27-21-12-7-13-22(18-21)28-24(26)17-15-20-10-5-2-6-11-20/h1-18H. The zero-order valence-corrected chi connectivity index (χ0v) is 15.0. The maximum absolute atomic E-state index is 12.0. The summed E-state index contributed by atoms with van der Waals surface area (Å²) in [5.74, 6) is -0.451. The van der Waals surface area contributed by atoms with Gasteiger partial charge in [-0.3, -0.25) is 0 Å². The topological polar surface area (TPSA) is 52.6 Å². The van der Waals surface area contributed by atoms with E-state index < -0.39 is 11.9 Å². The summed E-state index contributed by atoms with van der Waals surface area (Å²) in [4.78, 5) is 23.9. The molecule has 0 saturated heterocycles. The second-order valence-electron chi connectivity index (χ2n) is 5.81. The Morgan fingerprint density at radius 2 is 1.00 bits per heavy atom. The van der Waals surface area contributed by atoms with E-state index in [1.54, 1.807) is 30.4 Å². The average Bonchev–Trinajstić information content (AvgIpc) is 2.72. The molecule has 4 heteroatoms. The Labute approximate surface area is 163 Å². The van der Waals surface area contributed by atoms with Gasteiger partial charge in [0.1, 0.15) is 11.5 Å². The second-order valence-corrected chi connectivity index (χ2v) is 5.81. The van der Waals surface area contributed by atoms with Crippen LogP contribution < -0.4 is 9.47 Å². The zero-order chi connectivity index (χ0) is 19.6. The van der Waals surface area contributed by atoms with Crippen molar-refractivity contribution in [2.45, 2.75) is 0 Å². The van der Waals surface area contributed by atoms with Crippen molar-refractivity contribution in [3.63, 3.8) is 0 Å². The first-order chi connectivity index (χ1) is 13.7. The van der Waals surface area contributed by atoms with Crippen LogP contribution in [0.5, 0.6) is 11.5 Å². The van der Waals surface area contributed by atoms with E-state index in [0.29, 0.717) is 11.5 Å². The van der Waals surface area contributed by atoms with Crippen molar-refractivity contribution in [2.75, 3.05) is 0 Å². The predicted octanol–water partition coefficient (Wildman–Crippen LogP) is 4.92. The molecular formula is C24H18O4. The van der Waals surface area contributed by atoms with Gasteiger partial charge in [0, 0.05) is 18.2 Å². The van der Waals surface area contributed by atoms with E-state index in [4.69, 9.17) is 9.47 Å². The third-order valence-corrected chi connectivity index (χ3v) is 3.67. The Kier molecular flexibility index (Phi) is 6.53. The first-order valence-corrected chi connectivity index (χ1v) is 8.69. The summed E-state index contributed by atoms with van der Waals surface area (Å²) in [6.07, 6.45) is 6.02. The lowest BCUT2D eigenvalue weighted by Gasteiger charge is -2.05. The van der Waals surface area contributed by atoms with Crippen LogP contribution >= 0.6 is 0 Å². The number of hydrogen-bond acceptors (Lipinski definition) is 4. The summed E-state index contributed by atoms with van der Waals surface area (Å²) in [5, 5.41) is 0. The van der Waals surface area contributed by atoms with Gasteiger partial charge in [-0.1, -0.05) is 66.7 Å². The van der Waals surface area contributed by atoms with Gasteiger partial charge >= 0.3 is 11.9 Å². The van der Waals surface area contributed by atoms with E-state index >= 15 is 0 Å². The van der Waals surface area contributed by atoms with Gasteiger partial charge in [-0.15, -0.1) is 0 Å². The quantitative estimate of drug-likeness (QED) is 0.351.